The summed E-state index contributed by atoms with van der Waals surface area (Å²) in [6, 6.07) is 2.78. The van der Waals surface area contributed by atoms with Crippen LogP contribution in [0, 0.1) is 0 Å². The number of carboxylic acids is 1. The van der Waals surface area contributed by atoms with Gasteiger partial charge in [0, 0.05) is 19.2 Å². The predicted octanol–water partition coefficient (Wildman–Crippen LogP) is 2.06. The molecule has 1 unspecified atom stereocenters. The summed E-state index contributed by atoms with van der Waals surface area (Å²) in [5.41, 5.74) is 0. The first-order valence-electron chi connectivity index (χ1n) is 6.29. The smallest absolute Gasteiger partial charge is 0.344 e. The first kappa shape index (κ1) is 21.2. The topological polar surface area (TPSA) is 99.0 Å². The average molecular weight is 375 g/mol. The average Bonchev–Trinajstić information content (AvgIpc) is 2.46. The van der Waals surface area contributed by atoms with Crippen molar-refractivity contribution in [1.82, 2.24) is 5.32 Å². The maximum atomic E-state index is 10.5. The first-order chi connectivity index (χ1) is 10.3. The highest BCUT2D eigenvalue weighted by Gasteiger charge is 2.15. The van der Waals surface area contributed by atoms with Crippen LogP contribution in [0.4, 0.5) is 0 Å². The third-order valence-electron chi connectivity index (χ3n) is 2.20. The maximum Gasteiger partial charge on any atom is 0.344 e. The highest BCUT2D eigenvalue weighted by Crippen LogP contribution is 2.34. The highest BCUT2D eigenvalue weighted by molar-refractivity contribution is 6.43. The Kier molecular flexibility index (Phi) is 11.4. The van der Waals surface area contributed by atoms with E-state index in [4.69, 9.17) is 54.9 Å². The van der Waals surface area contributed by atoms with Crippen molar-refractivity contribution >= 4 is 40.8 Å². The minimum Gasteiger partial charge on any atom is -0.479 e. The Hall–Kier alpha value is -0.760. The van der Waals surface area contributed by atoms with Gasteiger partial charge >= 0.3 is 5.97 Å². The molecule has 0 aliphatic rings. The summed E-state index contributed by atoms with van der Waals surface area (Å²) in [6.45, 7) is 2.81. The van der Waals surface area contributed by atoms with E-state index < -0.39 is 12.1 Å². The van der Waals surface area contributed by atoms with Crippen LogP contribution in [0.25, 0.3) is 0 Å². The van der Waals surface area contributed by atoms with Gasteiger partial charge in [-0.25, -0.2) is 4.79 Å². The summed E-state index contributed by atoms with van der Waals surface area (Å²) in [5, 5.41) is 28.5. The number of hydrogen-bond donors (Lipinski definition) is 4. The van der Waals surface area contributed by atoms with Gasteiger partial charge < -0.3 is 25.4 Å². The Labute approximate surface area is 143 Å². The van der Waals surface area contributed by atoms with Crippen LogP contribution >= 0.6 is 34.8 Å². The highest BCUT2D eigenvalue weighted by atomic mass is 35.5. The molecule has 1 rings (SSSR count). The van der Waals surface area contributed by atoms with Crippen molar-refractivity contribution in [3.8, 4) is 5.75 Å². The van der Waals surface area contributed by atoms with Crippen molar-refractivity contribution in [2.75, 3.05) is 26.3 Å². The van der Waals surface area contributed by atoms with Crippen LogP contribution in [0.15, 0.2) is 12.1 Å². The van der Waals surface area contributed by atoms with Crippen LogP contribution in [-0.4, -0.2) is 53.7 Å². The molecule has 9 heteroatoms. The second-order valence-electron chi connectivity index (χ2n) is 3.99. The first-order valence-corrected chi connectivity index (χ1v) is 7.43. The van der Waals surface area contributed by atoms with Crippen molar-refractivity contribution in [2.24, 2.45) is 0 Å². The Morgan fingerprint density at radius 2 is 1.64 bits per heavy atom. The minimum absolute atomic E-state index is 0.139. The molecular weight excluding hydrogens is 357 g/mol. The van der Waals surface area contributed by atoms with Crippen LogP contribution in [0.3, 0.4) is 0 Å². The Bertz CT molecular complexity index is 469. The number of ether oxygens (including phenoxy) is 1. The van der Waals surface area contributed by atoms with Gasteiger partial charge in [0.2, 0.25) is 0 Å². The summed E-state index contributed by atoms with van der Waals surface area (Å²) < 4.78 is 5.07. The molecule has 22 heavy (non-hydrogen) atoms. The lowest BCUT2D eigenvalue weighted by molar-refractivity contribution is -0.144. The normalized spacial score (nSPS) is 11.4. The molecule has 0 radical (unpaired) electrons. The largest absolute Gasteiger partial charge is 0.479 e. The van der Waals surface area contributed by atoms with Gasteiger partial charge in [-0.05, 0) is 13.0 Å². The molecule has 6 nitrogen and oxygen atoms in total. The molecule has 0 saturated carbocycles. The number of aliphatic hydroxyl groups excluding tert-OH is 2. The molecule has 0 saturated heterocycles. The van der Waals surface area contributed by atoms with Gasteiger partial charge in [-0.2, -0.15) is 0 Å². The van der Waals surface area contributed by atoms with E-state index in [9.17, 15) is 4.79 Å². The van der Waals surface area contributed by atoms with E-state index in [0.717, 1.165) is 0 Å². The zero-order chi connectivity index (χ0) is 17.1. The number of carboxylic acid groups (broad SMARTS) is 1. The molecule has 0 spiro atoms. The molecule has 0 aliphatic carbocycles. The van der Waals surface area contributed by atoms with Gasteiger partial charge in [-0.1, -0.05) is 34.8 Å². The Balaban J connectivity index is 0.000000534. The third-order valence-corrected chi connectivity index (χ3v) is 3.22. The summed E-state index contributed by atoms with van der Waals surface area (Å²) in [7, 11) is 0. The van der Waals surface area contributed by atoms with Crippen molar-refractivity contribution in [2.45, 2.75) is 13.0 Å². The standard InChI is InChI=1S/C9H7Cl3O3.C4H11NO2/c1-4(9(13)14)15-8-3-6(11)5(10)2-7(8)12;6-3-1-5-2-4-7/h2-4H,1H3,(H,13,14);5-7H,1-4H2. The van der Waals surface area contributed by atoms with Crippen molar-refractivity contribution < 1.29 is 24.9 Å². The summed E-state index contributed by atoms with van der Waals surface area (Å²) >= 11 is 17.2. The van der Waals surface area contributed by atoms with E-state index in [1.165, 1.54) is 19.1 Å². The minimum atomic E-state index is -1.09. The second kappa shape index (κ2) is 11.8. The molecule has 0 fully saturated rings. The van der Waals surface area contributed by atoms with Gasteiger partial charge in [-0.15, -0.1) is 0 Å². The van der Waals surface area contributed by atoms with Crippen molar-refractivity contribution in [3.05, 3.63) is 27.2 Å². The number of benzene rings is 1. The molecule has 0 aliphatic heterocycles. The lowest BCUT2D eigenvalue weighted by atomic mass is 10.3. The molecule has 1 aromatic rings. The summed E-state index contributed by atoms with van der Waals surface area (Å²) in [5.74, 6) is -0.891. The number of halogens is 3. The monoisotopic (exact) mass is 373 g/mol. The third kappa shape index (κ3) is 8.63. The molecule has 126 valence electrons. The fourth-order valence-electron chi connectivity index (χ4n) is 1.12. The molecule has 1 aromatic carbocycles. The lowest BCUT2D eigenvalue weighted by Gasteiger charge is -2.12. The summed E-state index contributed by atoms with van der Waals surface area (Å²) in [6.07, 6.45) is -1.00. The maximum absolute atomic E-state index is 10.5. The second-order valence-corrected chi connectivity index (χ2v) is 5.21. The molecular formula is C13H18Cl3NO5. The van der Waals surface area contributed by atoms with Crippen LogP contribution in [-0.2, 0) is 4.79 Å². The van der Waals surface area contributed by atoms with Crippen LogP contribution in [0.5, 0.6) is 5.75 Å². The quantitative estimate of drug-likeness (QED) is 0.431. The van der Waals surface area contributed by atoms with Gasteiger partial charge in [0.15, 0.2) is 6.10 Å². The van der Waals surface area contributed by atoms with Crippen molar-refractivity contribution in [1.29, 1.82) is 0 Å². The van der Waals surface area contributed by atoms with Crippen LogP contribution in [0.1, 0.15) is 6.92 Å². The number of nitrogens with one attached hydrogen (secondary N) is 1. The van der Waals surface area contributed by atoms with Crippen LogP contribution in [0.2, 0.25) is 15.1 Å². The van der Waals surface area contributed by atoms with E-state index in [-0.39, 0.29) is 34.0 Å². The molecule has 0 heterocycles. The fourth-order valence-corrected chi connectivity index (χ4v) is 1.70. The number of carbonyl (C=O) groups is 1. The molecule has 4 N–H and O–H groups in total. The van der Waals surface area contributed by atoms with Crippen LogP contribution < -0.4 is 10.1 Å². The fraction of sp³-hybridized carbons (Fsp3) is 0.462. The number of hydrogen-bond acceptors (Lipinski definition) is 5. The number of aliphatic carboxylic acids is 1. The predicted molar refractivity (Wildman–Crippen MR) is 86.2 cm³/mol. The summed E-state index contributed by atoms with van der Waals surface area (Å²) in [4.78, 5) is 10.5. The zero-order valence-electron chi connectivity index (χ0n) is 11.9. The molecule has 1 atom stereocenters. The zero-order valence-corrected chi connectivity index (χ0v) is 14.1. The molecule has 0 amide bonds. The van der Waals surface area contributed by atoms with E-state index in [1.807, 2.05) is 0 Å². The van der Waals surface area contributed by atoms with Gasteiger partial charge in [0.25, 0.3) is 0 Å². The number of rotatable bonds is 7. The lowest BCUT2D eigenvalue weighted by Crippen LogP contribution is -2.22. The van der Waals surface area contributed by atoms with E-state index in [1.54, 1.807) is 0 Å². The van der Waals surface area contributed by atoms with Gasteiger partial charge in [0.1, 0.15) is 5.75 Å². The number of aliphatic hydroxyl groups is 2. The Morgan fingerprint density at radius 1 is 1.14 bits per heavy atom. The SMILES string of the molecule is CC(Oc1cc(Cl)c(Cl)cc1Cl)C(=O)O.OCCNCCO. The molecule has 0 aromatic heterocycles. The van der Waals surface area contributed by atoms with E-state index >= 15 is 0 Å². The van der Waals surface area contributed by atoms with Gasteiger partial charge in [0.05, 0.1) is 28.3 Å². The van der Waals surface area contributed by atoms with Crippen molar-refractivity contribution in [3.63, 3.8) is 0 Å². The van der Waals surface area contributed by atoms with Gasteiger partial charge in [-0.3, -0.25) is 0 Å². The van der Waals surface area contributed by atoms with E-state index in [0.29, 0.717) is 13.1 Å². The van der Waals surface area contributed by atoms with E-state index in [2.05, 4.69) is 5.32 Å². The Morgan fingerprint density at radius 3 is 2.09 bits per heavy atom. The molecule has 0 bridgehead atoms.